The van der Waals surface area contributed by atoms with Crippen molar-refractivity contribution in [3.8, 4) is 0 Å². The van der Waals surface area contributed by atoms with Crippen molar-refractivity contribution in [2.45, 2.75) is 32.2 Å². The van der Waals surface area contributed by atoms with Gasteiger partial charge in [-0.1, -0.05) is 12.7 Å². The zero-order valence-electron chi connectivity index (χ0n) is 13.8. The number of carbonyl (C=O) groups excluding carboxylic acids is 1. The molecular formula is C18H24N4O. The van der Waals surface area contributed by atoms with Crippen LogP contribution in [0.5, 0.6) is 0 Å². The molecule has 23 heavy (non-hydrogen) atoms. The fourth-order valence-corrected chi connectivity index (χ4v) is 3.99. The van der Waals surface area contributed by atoms with E-state index in [9.17, 15) is 4.79 Å². The lowest BCUT2D eigenvalue weighted by Gasteiger charge is -2.19. The molecule has 0 radical (unpaired) electrons. The minimum Gasteiger partial charge on any atom is -0.343 e. The van der Waals surface area contributed by atoms with Crippen molar-refractivity contribution < 1.29 is 4.79 Å². The molecule has 122 valence electrons. The Balaban J connectivity index is 1.57. The average Bonchev–Trinajstić information content (AvgIpc) is 3.31. The fraction of sp³-hybridized carbons (Fsp3) is 0.556. The highest BCUT2D eigenvalue weighted by molar-refractivity contribution is 5.84. The predicted octanol–water partition coefficient (Wildman–Crippen LogP) is 1.98. The number of hydrogen-bond donors (Lipinski definition) is 2. The van der Waals surface area contributed by atoms with Crippen LogP contribution in [0, 0.1) is 17.8 Å². The van der Waals surface area contributed by atoms with Crippen LogP contribution in [-0.4, -0.2) is 28.5 Å². The standard InChI is InChI=1S/C18H24N4O/c1-4-7-22-14(11(2)3)10-20-17(22)18(5-6-18)21-16(23)15-12-8-19-9-13(12)15/h4,7,10,12-13,15,19H,2,5-6,8-9H2,1,3H3,(H,21,23)/b7-4-. The molecule has 1 aromatic rings. The largest absolute Gasteiger partial charge is 0.343 e. The van der Waals surface area contributed by atoms with Crippen molar-refractivity contribution in [1.82, 2.24) is 20.2 Å². The summed E-state index contributed by atoms with van der Waals surface area (Å²) in [6.07, 6.45) is 7.78. The van der Waals surface area contributed by atoms with E-state index >= 15 is 0 Å². The highest BCUT2D eigenvalue weighted by atomic mass is 16.2. The van der Waals surface area contributed by atoms with Crippen LogP contribution in [0.15, 0.2) is 18.9 Å². The number of nitrogens with zero attached hydrogens (tertiary/aromatic N) is 2. The number of imidazole rings is 1. The first-order valence-corrected chi connectivity index (χ1v) is 8.46. The van der Waals surface area contributed by atoms with E-state index in [2.05, 4.69) is 26.8 Å². The third-order valence-corrected chi connectivity index (χ3v) is 5.47. The summed E-state index contributed by atoms with van der Waals surface area (Å²) in [5, 5.41) is 6.65. The molecule has 3 aliphatic rings. The average molecular weight is 312 g/mol. The second-order valence-corrected chi connectivity index (χ2v) is 7.18. The second-order valence-electron chi connectivity index (χ2n) is 7.18. The van der Waals surface area contributed by atoms with Gasteiger partial charge in [-0.05, 0) is 57.2 Å². The van der Waals surface area contributed by atoms with Crippen LogP contribution in [0.25, 0.3) is 11.8 Å². The third kappa shape index (κ3) is 2.26. The molecular weight excluding hydrogens is 288 g/mol. The summed E-state index contributed by atoms with van der Waals surface area (Å²) in [6.45, 7) is 9.98. The van der Waals surface area contributed by atoms with Crippen LogP contribution in [0.2, 0.25) is 0 Å². The van der Waals surface area contributed by atoms with Crippen molar-refractivity contribution in [3.05, 3.63) is 30.4 Å². The highest BCUT2D eigenvalue weighted by Crippen LogP contribution is 2.51. The number of hydrogen-bond acceptors (Lipinski definition) is 3. The number of nitrogens with one attached hydrogen (secondary N) is 2. The van der Waals surface area contributed by atoms with Gasteiger partial charge in [-0.2, -0.15) is 0 Å². The number of fused-ring (bicyclic) bond motifs is 1. The molecule has 2 aliphatic carbocycles. The Morgan fingerprint density at radius 3 is 2.74 bits per heavy atom. The van der Waals surface area contributed by atoms with Crippen molar-refractivity contribution in [1.29, 1.82) is 0 Å². The molecule has 2 N–H and O–H groups in total. The van der Waals surface area contributed by atoms with Gasteiger partial charge in [0.05, 0.1) is 17.4 Å². The van der Waals surface area contributed by atoms with E-state index in [1.54, 1.807) is 0 Å². The van der Waals surface area contributed by atoms with Crippen molar-refractivity contribution in [2.24, 2.45) is 17.8 Å². The maximum Gasteiger partial charge on any atom is 0.224 e. The van der Waals surface area contributed by atoms with E-state index in [4.69, 9.17) is 0 Å². The summed E-state index contributed by atoms with van der Waals surface area (Å²) in [7, 11) is 0. The Morgan fingerprint density at radius 2 is 2.17 bits per heavy atom. The predicted molar refractivity (Wildman–Crippen MR) is 90.3 cm³/mol. The number of piperidine rings is 1. The van der Waals surface area contributed by atoms with Crippen LogP contribution < -0.4 is 10.6 Å². The van der Waals surface area contributed by atoms with Crippen molar-refractivity contribution in [3.63, 3.8) is 0 Å². The van der Waals surface area contributed by atoms with Gasteiger partial charge in [-0.25, -0.2) is 4.98 Å². The normalized spacial score (nSPS) is 30.3. The Morgan fingerprint density at radius 1 is 1.48 bits per heavy atom. The second kappa shape index (κ2) is 5.06. The molecule has 0 bridgehead atoms. The van der Waals surface area contributed by atoms with Gasteiger partial charge in [0.2, 0.25) is 5.91 Å². The molecule has 2 heterocycles. The molecule has 3 fully saturated rings. The molecule has 2 unspecified atom stereocenters. The first-order valence-electron chi connectivity index (χ1n) is 8.46. The van der Waals surface area contributed by atoms with Gasteiger partial charge in [0.15, 0.2) is 0 Å². The monoisotopic (exact) mass is 312 g/mol. The molecule has 5 heteroatoms. The summed E-state index contributed by atoms with van der Waals surface area (Å²) >= 11 is 0. The van der Waals surface area contributed by atoms with E-state index in [0.29, 0.717) is 11.8 Å². The lowest BCUT2D eigenvalue weighted by molar-refractivity contribution is -0.124. The SMILES string of the molecule is C=C(C)c1cnc(C2(NC(=O)C3C4CNCC43)CC2)n1/C=C\C. The Bertz CT molecular complexity index is 688. The Hall–Kier alpha value is -1.88. The number of carbonyl (C=O) groups is 1. The molecule has 1 aliphatic heterocycles. The van der Waals surface area contributed by atoms with E-state index in [1.807, 2.05) is 32.3 Å². The summed E-state index contributed by atoms with van der Waals surface area (Å²) in [6, 6.07) is 0. The molecule has 1 saturated heterocycles. The number of allylic oxidation sites excluding steroid dienone is 2. The Labute approximate surface area is 136 Å². The van der Waals surface area contributed by atoms with E-state index in [0.717, 1.165) is 43.0 Å². The van der Waals surface area contributed by atoms with Crippen LogP contribution >= 0.6 is 0 Å². The summed E-state index contributed by atoms with van der Waals surface area (Å²) in [5.74, 6) is 2.45. The fourth-order valence-electron chi connectivity index (χ4n) is 3.99. The molecule has 2 saturated carbocycles. The smallest absolute Gasteiger partial charge is 0.224 e. The minimum absolute atomic E-state index is 0.208. The highest BCUT2D eigenvalue weighted by Gasteiger charge is 2.59. The maximum atomic E-state index is 12.6. The molecule has 2 atom stereocenters. The third-order valence-electron chi connectivity index (χ3n) is 5.47. The summed E-state index contributed by atoms with van der Waals surface area (Å²) in [5.41, 5.74) is 1.70. The van der Waals surface area contributed by atoms with Crippen molar-refractivity contribution in [2.75, 3.05) is 13.1 Å². The number of aromatic nitrogens is 2. The minimum atomic E-state index is -0.283. The molecule has 0 aromatic carbocycles. The van der Waals surface area contributed by atoms with E-state index < -0.39 is 0 Å². The summed E-state index contributed by atoms with van der Waals surface area (Å²) < 4.78 is 2.07. The van der Waals surface area contributed by atoms with Crippen LogP contribution in [-0.2, 0) is 10.3 Å². The number of amides is 1. The lowest BCUT2D eigenvalue weighted by Crippen LogP contribution is -2.39. The van der Waals surface area contributed by atoms with Crippen LogP contribution in [0.4, 0.5) is 0 Å². The van der Waals surface area contributed by atoms with Gasteiger partial charge >= 0.3 is 0 Å². The van der Waals surface area contributed by atoms with E-state index in [-0.39, 0.29) is 17.4 Å². The van der Waals surface area contributed by atoms with Gasteiger partial charge in [0, 0.05) is 12.1 Å². The van der Waals surface area contributed by atoms with Gasteiger partial charge < -0.3 is 15.2 Å². The zero-order chi connectivity index (χ0) is 16.2. The molecule has 1 amide bonds. The lowest BCUT2D eigenvalue weighted by atomic mass is 10.2. The van der Waals surface area contributed by atoms with Crippen molar-refractivity contribution >= 4 is 17.7 Å². The topological polar surface area (TPSA) is 59.0 Å². The zero-order valence-corrected chi connectivity index (χ0v) is 13.8. The first-order chi connectivity index (χ1) is 11.1. The van der Waals surface area contributed by atoms with E-state index in [1.165, 1.54) is 0 Å². The first kappa shape index (κ1) is 14.7. The molecule has 5 nitrogen and oxygen atoms in total. The molecule has 0 spiro atoms. The maximum absolute atomic E-state index is 12.6. The van der Waals surface area contributed by atoms with Gasteiger partial charge in [0.1, 0.15) is 5.82 Å². The molecule has 4 rings (SSSR count). The number of rotatable bonds is 5. The van der Waals surface area contributed by atoms with Gasteiger partial charge in [-0.3, -0.25) is 4.79 Å². The van der Waals surface area contributed by atoms with Crippen LogP contribution in [0.3, 0.4) is 0 Å². The van der Waals surface area contributed by atoms with Gasteiger partial charge in [-0.15, -0.1) is 0 Å². The van der Waals surface area contributed by atoms with Gasteiger partial charge in [0.25, 0.3) is 0 Å². The quantitative estimate of drug-likeness (QED) is 0.874. The summed E-state index contributed by atoms with van der Waals surface area (Å²) in [4.78, 5) is 17.3. The van der Waals surface area contributed by atoms with Crippen LogP contribution in [0.1, 0.15) is 38.2 Å². The Kier molecular flexibility index (Phi) is 3.23. The molecule has 1 aromatic heterocycles.